The molecule has 0 heterocycles. The molecule has 0 saturated heterocycles. The number of quaternary nitrogens is 1. The van der Waals surface area contributed by atoms with E-state index in [-0.39, 0.29) is 38.6 Å². The molecule has 0 aromatic rings. The average Bonchev–Trinajstić information content (AvgIpc) is 3.42. The van der Waals surface area contributed by atoms with E-state index >= 15 is 0 Å². The van der Waals surface area contributed by atoms with Crippen molar-refractivity contribution in [1.29, 1.82) is 0 Å². The van der Waals surface area contributed by atoms with Crippen molar-refractivity contribution in [3.05, 3.63) is 109 Å². The van der Waals surface area contributed by atoms with Crippen molar-refractivity contribution in [2.24, 2.45) is 0 Å². The van der Waals surface area contributed by atoms with Crippen molar-refractivity contribution in [3.8, 4) is 0 Å². The first-order valence-corrected chi connectivity index (χ1v) is 32.0. The molecule has 0 aliphatic carbocycles. The summed E-state index contributed by atoms with van der Waals surface area (Å²) in [5, 5.41) is 11.8. The van der Waals surface area contributed by atoms with Crippen LogP contribution in [0.15, 0.2) is 109 Å². The van der Waals surface area contributed by atoms with Crippen LogP contribution in [-0.4, -0.2) is 82.3 Å². The van der Waals surface area contributed by atoms with Gasteiger partial charge in [-0.3, -0.25) is 9.59 Å². The first kappa shape index (κ1) is 75.0. The minimum absolute atomic E-state index is 0.143. The lowest BCUT2D eigenvalue weighted by atomic mass is 10.0. The third-order valence-electron chi connectivity index (χ3n) is 13.5. The summed E-state index contributed by atoms with van der Waals surface area (Å²) < 4.78 is 22.7. The van der Waals surface area contributed by atoms with Crippen LogP contribution in [0.3, 0.4) is 0 Å². The molecule has 0 amide bonds. The van der Waals surface area contributed by atoms with Crippen LogP contribution < -0.4 is 5.11 Å². The van der Waals surface area contributed by atoms with E-state index in [1.807, 2.05) is 21.1 Å². The second-order valence-corrected chi connectivity index (χ2v) is 22.3. The molecule has 0 bridgehead atoms. The van der Waals surface area contributed by atoms with Crippen LogP contribution in [0.2, 0.25) is 0 Å². The molecule has 9 nitrogen and oxygen atoms in total. The van der Waals surface area contributed by atoms with E-state index in [0.717, 1.165) is 109 Å². The Morgan fingerprint density at radius 2 is 0.722 bits per heavy atom. The van der Waals surface area contributed by atoms with Gasteiger partial charge in [-0.15, -0.1) is 0 Å². The Morgan fingerprint density at radius 1 is 0.392 bits per heavy atom. The quantitative estimate of drug-likeness (QED) is 0.0195. The molecule has 79 heavy (non-hydrogen) atoms. The summed E-state index contributed by atoms with van der Waals surface area (Å²) in [6.07, 6.45) is 80.1. The summed E-state index contributed by atoms with van der Waals surface area (Å²) in [6, 6.07) is 0. The van der Waals surface area contributed by atoms with Crippen LogP contribution >= 0.6 is 0 Å². The van der Waals surface area contributed by atoms with E-state index in [1.165, 1.54) is 116 Å². The number of carboxylic acids is 1. The Labute approximate surface area is 485 Å². The molecule has 0 saturated carbocycles. The highest BCUT2D eigenvalue weighted by molar-refractivity contribution is 5.70. The second kappa shape index (κ2) is 60.1. The topological polar surface area (TPSA) is 111 Å². The first-order chi connectivity index (χ1) is 38.6. The predicted molar refractivity (Wildman–Crippen MR) is 333 cm³/mol. The molecule has 0 spiro atoms. The summed E-state index contributed by atoms with van der Waals surface area (Å²) in [4.78, 5) is 37.3. The minimum Gasteiger partial charge on any atom is -0.545 e. The fourth-order valence-electron chi connectivity index (χ4n) is 8.61. The zero-order valence-electron chi connectivity index (χ0n) is 51.5. The number of unbranched alkanes of at least 4 members (excludes halogenated alkanes) is 25. The van der Waals surface area contributed by atoms with Crippen LogP contribution in [0.1, 0.15) is 258 Å². The summed E-state index contributed by atoms with van der Waals surface area (Å²) in [5.74, 6) is -2.29. The van der Waals surface area contributed by atoms with Crippen molar-refractivity contribution < 1.29 is 42.9 Å². The number of ether oxygens (including phenoxy) is 4. The summed E-state index contributed by atoms with van der Waals surface area (Å²) in [7, 11) is 5.92. The normalized spacial score (nSPS) is 13.5. The third-order valence-corrected chi connectivity index (χ3v) is 13.5. The predicted octanol–water partition coefficient (Wildman–Crippen LogP) is 18.1. The van der Waals surface area contributed by atoms with Crippen LogP contribution in [-0.2, 0) is 33.3 Å². The largest absolute Gasteiger partial charge is 0.545 e. The van der Waals surface area contributed by atoms with Gasteiger partial charge in [0.1, 0.15) is 13.2 Å². The first-order valence-electron chi connectivity index (χ1n) is 32.0. The Morgan fingerprint density at radius 3 is 1.09 bits per heavy atom. The number of aliphatic carboxylic acids is 1. The molecule has 0 fully saturated rings. The molecule has 452 valence electrons. The van der Waals surface area contributed by atoms with Crippen LogP contribution in [0.5, 0.6) is 0 Å². The molecular weight excluding hydrogens is 983 g/mol. The van der Waals surface area contributed by atoms with E-state index in [2.05, 4.69) is 123 Å². The fourth-order valence-corrected chi connectivity index (χ4v) is 8.61. The van der Waals surface area contributed by atoms with Gasteiger partial charge in [0.15, 0.2) is 12.4 Å². The lowest BCUT2D eigenvalue weighted by Gasteiger charge is -2.26. The maximum Gasteiger partial charge on any atom is 0.306 e. The highest BCUT2D eigenvalue weighted by Gasteiger charge is 2.22. The molecule has 0 aliphatic heterocycles. The number of allylic oxidation sites excluding steroid dienone is 18. The molecule has 0 aromatic heterocycles. The number of carbonyl (C=O) groups excluding carboxylic acids is 3. The van der Waals surface area contributed by atoms with Gasteiger partial charge in [-0.05, 0) is 103 Å². The van der Waals surface area contributed by atoms with Crippen molar-refractivity contribution in [2.45, 2.75) is 270 Å². The number of nitrogens with zero attached hydrogens (tertiary/aromatic N) is 1. The van der Waals surface area contributed by atoms with Gasteiger partial charge in [0.05, 0.1) is 40.3 Å². The lowest BCUT2D eigenvalue weighted by Crippen LogP contribution is -2.44. The van der Waals surface area contributed by atoms with E-state index < -0.39 is 24.3 Å². The molecule has 2 unspecified atom stereocenters. The van der Waals surface area contributed by atoms with E-state index in [9.17, 15) is 19.5 Å². The van der Waals surface area contributed by atoms with Gasteiger partial charge in [0.2, 0.25) is 0 Å². The Kier molecular flexibility index (Phi) is 57.0. The fraction of sp³-hybridized carbons (Fsp3) is 0.700. The molecule has 0 radical (unpaired) electrons. The van der Waals surface area contributed by atoms with Gasteiger partial charge < -0.3 is 33.3 Å². The minimum atomic E-state index is -1.63. The Hall–Kier alpha value is -4.05. The van der Waals surface area contributed by atoms with E-state index in [4.69, 9.17) is 18.9 Å². The summed E-state index contributed by atoms with van der Waals surface area (Å²) in [5.41, 5.74) is 0. The summed E-state index contributed by atoms with van der Waals surface area (Å²) in [6.45, 7) is 4.62. The van der Waals surface area contributed by atoms with Gasteiger partial charge in [-0.2, -0.15) is 0 Å². The number of hydrogen-bond donors (Lipinski definition) is 0. The maximum atomic E-state index is 12.9. The Bertz CT molecular complexity index is 1660. The molecule has 0 aliphatic rings. The Balaban J connectivity index is 4.09. The number of carbonyl (C=O) groups is 3. The van der Waals surface area contributed by atoms with Crippen LogP contribution in [0.4, 0.5) is 0 Å². The van der Waals surface area contributed by atoms with Crippen molar-refractivity contribution in [2.75, 3.05) is 47.5 Å². The van der Waals surface area contributed by atoms with Crippen molar-refractivity contribution in [1.82, 2.24) is 0 Å². The van der Waals surface area contributed by atoms with Crippen LogP contribution in [0, 0.1) is 0 Å². The molecule has 9 heteroatoms. The van der Waals surface area contributed by atoms with E-state index in [0.29, 0.717) is 17.4 Å². The average molecular weight is 1100 g/mol. The number of esters is 2. The SMILES string of the molecule is CC/C=C\C/C=C\C/C=C\C/C=C\C/C=C\C/C=C\C/C=C\C/C=C\CCCCCCCCCCCCCCCCC(=O)OC(COC(=O)CCCCCCC/C=C\CCCCCCCC)COC(OCC[N+](C)(C)C)C(=O)[O-]. The van der Waals surface area contributed by atoms with Gasteiger partial charge in [0, 0.05) is 12.8 Å². The number of likely N-dealkylation sites (N-methyl/N-ethyl adjacent to an activating group) is 1. The maximum absolute atomic E-state index is 12.9. The highest BCUT2D eigenvalue weighted by atomic mass is 16.7. The van der Waals surface area contributed by atoms with Crippen molar-refractivity contribution >= 4 is 17.9 Å². The standard InChI is InChI=1S/C70H119NO8/c1-6-8-10-12-14-16-18-20-22-23-24-25-26-27-28-29-30-31-32-33-34-35-36-37-38-39-40-41-42-43-44-45-47-49-51-53-55-57-59-61-68(73)79-66(65-78-70(69(74)75)76-63-62-71(3,4)5)64-77-67(72)60-58-56-54-52-50-48-46-21-19-17-15-13-11-9-7-2/h8,10,14,16,20-22,24-25,27-28,30-31,33-34,36-37,46,66,70H,6-7,9,11-13,15,17-19,23,26,29,32,35,38-45,47-65H2,1-5H3/b10-8-,16-14-,22-20-,25-24-,28-27-,31-30-,34-33-,37-36-,46-21-. The molecule has 0 N–H and O–H groups in total. The van der Waals surface area contributed by atoms with Crippen LogP contribution in [0.25, 0.3) is 0 Å². The molecular formula is C70H119NO8. The molecule has 0 rings (SSSR count). The summed E-state index contributed by atoms with van der Waals surface area (Å²) >= 11 is 0. The molecule has 2 atom stereocenters. The zero-order valence-corrected chi connectivity index (χ0v) is 51.5. The molecule has 0 aromatic carbocycles. The van der Waals surface area contributed by atoms with Gasteiger partial charge in [-0.1, -0.05) is 252 Å². The highest BCUT2D eigenvalue weighted by Crippen LogP contribution is 2.16. The van der Waals surface area contributed by atoms with Crippen molar-refractivity contribution in [3.63, 3.8) is 0 Å². The number of rotatable bonds is 58. The van der Waals surface area contributed by atoms with Gasteiger partial charge in [0.25, 0.3) is 0 Å². The van der Waals surface area contributed by atoms with Gasteiger partial charge in [-0.25, -0.2) is 0 Å². The monoisotopic (exact) mass is 1100 g/mol. The number of carboxylic acid groups (broad SMARTS) is 1. The number of hydrogen-bond acceptors (Lipinski definition) is 8. The van der Waals surface area contributed by atoms with Gasteiger partial charge >= 0.3 is 11.9 Å². The third kappa shape index (κ3) is 61.4. The second-order valence-electron chi connectivity index (χ2n) is 22.3. The smallest absolute Gasteiger partial charge is 0.306 e. The zero-order chi connectivity index (χ0) is 57.6. The van der Waals surface area contributed by atoms with E-state index in [1.54, 1.807) is 0 Å². The lowest BCUT2D eigenvalue weighted by molar-refractivity contribution is -0.870.